The van der Waals surface area contributed by atoms with Gasteiger partial charge in [-0.2, -0.15) is 9.61 Å². The zero-order valence-corrected chi connectivity index (χ0v) is 12.2. The van der Waals surface area contributed by atoms with E-state index >= 15 is 0 Å². The maximum absolute atomic E-state index is 11.9. The fraction of sp³-hybridized carbons (Fsp3) is 0.385. The van der Waals surface area contributed by atoms with Gasteiger partial charge in [-0.1, -0.05) is 0 Å². The number of ether oxygens (including phenoxy) is 1. The summed E-state index contributed by atoms with van der Waals surface area (Å²) >= 11 is 0. The molecule has 0 aromatic carbocycles. The largest absolute Gasteiger partial charge is 0.477 e. The van der Waals surface area contributed by atoms with E-state index in [1.54, 1.807) is 33.8 Å². The van der Waals surface area contributed by atoms with E-state index in [0.29, 0.717) is 11.3 Å². The molecule has 0 radical (unpaired) electrons. The number of aromatic carboxylic acids is 1. The maximum Gasteiger partial charge on any atom is 0.413 e. The number of nitrogens with one attached hydrogen (secondary N) is 1. The Labute approximate surface area is 120 Å². The Bertz CT molecular complexity index is 715. The van der Waals surface area contributed by atoms with Crippen molar-refractivity contribution in [2.75, 3.05) is 5.32 Å². The molecule has 8 nitrogen and oxygen atoms in total. The molecule has 0 saturated heterocycles. The average molecular weight is 292 g/mol. The van der Waals surface area contributed by atoms with Crippen molar-refractivity contribution < 1.29 is 19.4 Å². The Balaban J connectivity index is 2.46. The molecule has 2 aromatic heterocycles. The highest BCUT2D eigenvalue weighted by molar-refractivity contribution is 5.97. The fourth-order valence-corrected chi connectivity index (χ4v) is 1.73. The van der Waals surface area contributed by atoms with Gasteiger partial charge in [0.25, 0.3) is 0 Å². The molecule has 2 heterocycles. The number of aromatic nitrogens is 3. The molecular formula is C13H16N4O4. The third-order valence-corrected chi connectivity index (χ3v) is 2.46. The molecule has 0 atom stereocenters. The van der Waals surface area contributed by atoms with Gasteiger partial charge >= 0.3 is 12.1 Å². The SMILES string of the molecule is Cc1cc2ncc(C(=O)O)c(NC(=O)OC(C)(C)C)n2n1. The fourth-order valence-electron chi connectivity index (χ4n) is 1.73. The van der Waals surface area contributed by atoms with Crippen molar-refractivity contribution >= 4 is 23.5 Å². The highest BCUT2D eigenvalue weighted by Gasteiger charge is 2.22. The summed E-state index contributed by atoms with van der Waals surface area (Å²) in [7, 11) is 0. The number of hydrogen-bond acceptors (Lipinski definition) is 5. The second-order valence-electron chi connectivity index (χ2n) is 5.51. The number of amides is 1. The Morgan fingerprint density at radius 2 is 2.05 bits per heavy atom. The van der Waals surface area contributed by atoms with Crippen LogP contribution in [0.5, 0.6) is 0 Å². The van der Waals surface area contributed by atoms with Crippen LogP contribution in [0.2, 0.25) is 0 Å². The lowest BCUT2D eigenvalue weighted by Crippen LogP contribution is -2.28. The minimum Gasteiger partial charge on any atom is -0.477 e. The van der Waals surface area contributed by atoms with Crippen LogP contribution in [0.4, 0.5) is 10.6 Å². The van der Waals surface area contributed by atoms with Gasteiger partial charge < -0.3 is 9.84 Å². The van der Waals surface area contributed by atoms with Crippen LogP contribution >= 0.6 is 0 Å². The van der Waals surface area contributed by atoms with E-state index in [4.69, 9.17) is 4.74 Å². The molecule has 1 amide bonds. The first-order valence-electron chi connectivity index (χ1n) is 6.26. The summed E-state index contributed by atoms with van der Waals surface area (Å²) in [6.07, 6.45) is 0.413. The van der Waals surface area contributed by atoms with Crippen LogP contribution in [0.3, 0.4) is 0 Å². The molecule has 21 heavy (non-hydrogen) atoms. The van der Waals surface area contributed by atoms with Crippen molar-refractivity contribution in [3.63, 3.8) is 0 Å². The van der Waals surface area contributed by atoms with Crippen molar-refractivity contribution in [3.05, 3.63) is 23.5 Å². The minimum atomic E-state index is -1.22. The first kappa shape index (κ1) is 14.8. The quantitative estimate of drug-likeness (QED) is 0.877. The van der Waals surface area contributed by atoms with E-state index < -0.39 is 17.7 Å². The van der Waals surface area contributed by atoms with E-state index in [1.807, 2.05) is 0 Å². The summed E-state index contributed by atoms with van der Waals surface area (Å²) in [5, 5.41) is 15.8. The predicted molar refractivity (Wildman–Crippen MR) is 74.5 cm³/mol. The van der Waals surface area contributed by atoms with Crippen molar-refractivity contribution in [1.29, 1.82) is 0 Å². The second-order valence-corrected chi connectivity index (χ2v) is 5.51. The van der Waals surface area contributed by atoms with E-state index in [0.717, 1.165) is 0 Å². The van der Waals surface area contributed by atoms with Crippen LogP contribution in [0.15, 0.2) is 12.3 Å². The molecule has 0 spiro atoms. The predicted octanol–water partition coefficient (Wildman–Crippen LogP) is 2.08. The highest BCUT2D eigenvalue weighted by atomic mass is 16.6. The van der Waals surface area contributed by atoms with E-state index in [1.165, 1.54) is 10.7 Å². The molecule has 2 aromatic rings. The number of anilines is 1. The zero-order chi connectivity index (χ0) is 15.8. The van der Waals surface area contributed by atoms with Crippen LogP contribution < -0.4 is 5.32 Å². The maximum atomic E-state index is 11.9. The summed E-state index contributed by atoms with van der Waals surface area (Å²) < 4.78 is 6.39. The molecule has 0 saturated carbocycles. The van der Waals surface area contributed by atoms with Crippen LogP contribution in [-0.2, 0) is 4.74 Å². The second kappa shape index (κ2) is 5.04. The summed E-state index contributed by atoms with van der Waals surface area (Å²) in [6.45, 7) is 6.88. The molecule has 0 fully saturated rings. The van der Waals surface area contributed by atoms with Crippen molar-refractivity contribution in [2.24, 2.45) is 0 Å². The molecule has 2 rings (SSSR count). The van der Waals surface area contributed by atoms with Gasteiger partial charge in [-0.15, -0.1) is 0 Å². The number of fused-ring (bicyclic) bond motifs is 1. The van der Waals surface area contributed by atoms with Crippen molar-refractivity contribution in [1.82, 2.24) is 14.6 Å². The topological polar surface area (TPSA) is 106 Å². The number of hydrogen-bond donors (Lipinski definition) is 2. The molecule has 0 unspecified atom stereocenters. The Morgan fingerprint density at radius 3 is 2.62 bits per heavy atom. The molecule has 0 aliphatic rings. The van der Waals surface area contributed by atoms with Crippen LogP contribution in [0.25, 0.3) is 5.65 Å². The van der Waals surface area contributed by atoms with Gasteiger partial charge in [0.1, 0.15) is 11.2 Å². The number of nitrogens with zero attached hydrogens (tertiary/aromatic N) is 3. The number of carbonyl (C=O) groups is 2. The first-order valence-corrected chi connectivity index (χ1v) is 6.26. The summed E-state index contributed by atoms with van der Waals surface area (Å²) in [5.74, 6) is -1.21. The Morgan fingerprint density at radius 1 is 1.38 bits per heavy atom. The minimum absolute atomic E-state index is 0.00912. The van der Waals surface area contributed by atoms with Crippen LogP contribution in [0.1, 0.15) is 36.8 Å². The molecule has 0 bridgehead atoms. The van der Waals surface area contributed by atoms with E-state index in [9.17, 15) is 14.7 Å². The number of carboxylic acid groups (broad SMARTS) is 1. The van der Waals surface area contributed by atoms with Gasteiger partial charge in [0.15, 0.2) is 11.5 Å². The molecule has 112 valence electrons. The molecule has 2 N–H and O–H groups in total. The lowest BCUT2D eigenvalue weighted by atomic mass is 10.2. The summed E-state index contributed by atoms with van der Waals surface area (Å²) in [4.78, 5) is 27.1. The van der Waals surface area contributed by atoms with E-state index in [2.05, 4.69) is 15.4 Å². The molecule has 8 heteroatoms. The third-order valence-electron chi connectivity index (χ3n) is 2.46. The number of aryl methyl sites for hydroxylation is 1. The van der Waals surface area contributed by atoms with Gasteiger partial charge in [-0.25, -0.2) is 14.6 Å². The Hall–Kier alpha value is -2.64. The van der Waals surface area contributed by atoms with E-state index in [-0.39, 0.29) is 11.4 Å². The third kappa shape index (κ3) is 3.28. The van der Waals surface area contributed by atoms with Gasteiger partial charge in [0.2, 0.25) is 0 Å². The lowest BCUT2D eigenvalue weighted by molar-refractivity contribution is 0.0635. The Kier molecular flexibility index (Phi) is 3.54. The molecule has 0 aliphatic heterocycles. The number of rotatable bonds is 2. The van der Waals surface area contributed by atoms with Gasteiger partial charge in [-0.3, -0.25) is 5.32 Å². The van der Waals surface area contributed by atoms with Crippen LogP contribution in [0, 0.1) is 6.92 Å². The highest BCUT2D eigenvalue weighted by Crippen LogP contribution is 2.18. The van der Waals surface area contributed by atoms with Gasteiger partial charge in [-0.05, 0) is 27.7 Å². The summed E-state index contributed by atoms with van der Waals surface area (Å²) in [6, 6.07) is 1.67. The zero-order valence-electron chi connectivity index (χ0n) is 12.2. The standard InChI is InChI=1S/C13H16N4O4/c1-7-5-9-14-6-8(11(18)19)10(17(9)16-7)15-12(20)21-13(2,3)4/h5-6H,1-4H3,(H,15,20)(H,18,19). The smallest absolute Gasteiger partial charge is 0.413 e. The van der Waals surface area contributed by atoms with Crippen molar-refractivity contribution in [2.45, 2.75) is 33.3 Å². The number of carboxylic acids is 1. The van der Waals surface area contributed by atoms with Gasteiger partial charge in [0.05, 0.1) is 5.69 Å². The lowest BCUT2D eigenvalue weighted by Gasteiger charge is -2.20. The summed E-state index contributed by atoms with van der Waals surface area (Å²) in [5.41, 5.74) is 0.219. The molecular weight excluding hydrogens is 276 g/mol. The van der Waals surface area contributed by atoms with Crippen molar-refractivity contribution in [3.8, 4) is 0 Å². The normalized spacial score (nSPS) is 11.4. The number of carbonyl (C=O) groups excluding carboxylic acids is 1. The monoisotopic (exact) mass is 292 g/mol. The van der Waals surface area contributed by atoms with Crippen LogP contribution in [-0.4, -0.2) is 37.4 Å². The molecule has 0 aliphatic carbocycles. The first-order chi connectivity index (χ1) is 9.67. The van der Waals surface area contributed by atoms with Gasteiger partial charge in [0, 0.05) is 12.3 Å². The average Bonchev–Trinajstić information content (AvgIpc) is 2.67.